The maximum absolute atomic E-state index is 14.4. The van der Waals surface area contributed by atoms with Gasteiger partial charge in [0, 0.05) is 56.9 Å². The zero-order chi connectivity index (χ0) is 22.1. The molecule has 2 aliphatic rings. The molecule has 1 atom stereocenters. The Hall–Kier alpha value is -2.91. The Morgan fingerprint density at radius 3 is 2.84 bits per heavy atom. The predicted octanol–water partition coefficient (Wildman–Crippen LogP) is 3.25. The Labute approximate surface area is 186 Å². The number of nitrogens with one attached hydrogen (secondary N) is 1. The Morgan fingerprint density at radius 2 is 2.09 bits per heavy atom. The van der Waals surface area contributed by atoms with Crippen molar-refractivity contribution in [1.29, 1.82) is 0 Å². The van der Waals surface area contributed by atoms with E-state index in [1.165, 1.54) is 12.4 Å². The van der Waals surface area contributed by atoms with Crippen molar-refractivity contribution < 1.29 is 13.9 Å². The first-order chi connectivity index (χ1) is 15.6. The van der Waals surface area contributed by atoms with Crippen LogP contribution in [0.2, 0.25) is 0 Å². The second-order valence-electron chi connectivity index (χ2n) is 8.50. The lowest BCUT2D eigenvalue weighted by Gasteiger charge is -2.34. The Balaban J connectivity index is 1.38. The minimum absolute atomic E-state index is 0.0959. The molecule has 0 saturated carbocycles. The second kappa shape index (κ2) is 8.91. The van der Waals surface area contributed by atoms with Gasteiger partial charge in [-0.1, -0.05) is 0 Å². The molecule has 2 aromatic heterocycles. The molecule has 2 aliphatic heterocycles. The van der Waals surface area contributed by atoms with Crippen LogP contribution in [-0.4, -0.2) is 72.5 Å². The number of likely N-dealkylation sites (N-methyl/N-ethyl adjacent to an activating group) is 1. The summed E-state index contributed by atoms with van der Waals surface area (Å²) in [5.41, 5.74) is 2.45. The number of piperazine rings is 1. The van der Waals surface area contributed by atoms with Gasteiger partial charge in [-0.15, -0.1) is 0 Å². The third-order valence-corrected chi connectivity index (χ3v) is 6.29. The van der Waals surface area contributed by atoms with Crippen LogP contribution in [0.1, 0.15) is 12.8 Å². The summed E-state index contributed by atoms with van der Waals surface area (Å²) in [5.74, 6) is 0.791. The fraction of sp³-hybridized carbons (Fsp3) is 0.478. The van der Waals surface area contributed by atoms with E-state index in [9.17, 15) is 4.39 Å². The molecule has 0 radical (unpaired) electrons. The highest BCUT2D eigenvalue weighted by Crippen LogP contribution is 2.32. The van der Waals surface area contributed by atoms with Crippen molar-refractivity contribution >= 4 is 28.4 Å². The summed E-state index contributed by atoms with van der Waals surface area (Å²) in [6, 6.07) is 6.09. The molecule has 0 aliphatic carbocycles. The zero-order valence-electron chi connectivity index (χ0n) is 18.6. The maximum atomic E-state index is 14.4. The summed E-state index contributed by atoms with van der Waals surface area (Å²) in [6.45, 7) is 5.40. The van der Waals surface area contributed by atoms with Crippen LogP contribution >= 0.6 is 0 Å². The van der Waals surface area contributed by atoms with Gasteiger partial charge in [-0.25, -0.2) is 9.37 Å². The summed E-state index contributed by atoms with van der Waals surface area (Å²) in [6.07, 6.45) is 5.12. The minimum atomic E-state index is -0.321. The van der Waals surface area contributed by atoms with Gasteiger partial charge >= 0.3 is 0 Å². The smallest absolute Gasteiger partial charge is 0.229 e. The van der Waals surface area contributed by atoms with Crippen LogP contribution in [0, 0.1) is 5.82 Å². The number of nitrogens with zero attached hydrogens (tertiary/aromatic N) is 5. The number of fused-ring (bicyclic) bond motifs is 1. The van der Waals surface area contributed by atoms with Gasteiger partial charge in [-0.05, 0) is 32.0 Å². The fourth-order valence-corrected chi connectivity index (χ4v) is 4.40. The van der Waals surface area contributed by atoms with Crippen LogP contribution in [0.5, 0.6) is 5.75 Å². The monoisotopic (exact) mass is 440 g/mol. The van der Waals surface area contributed by atoms with E-state index in [1.54, 1.807) is 7.11 Å². The van der Waals surface area contributed by atoms with E-state index < -0.39 is 0 Å². The van der Waals surface area contributed by atoms with Gasteiger partial charge in [0.15, 0.2) is 5.82 Å². The van der Waals surface area contributed by atoms with Crippen molar-refractivity contribution in [1.82, 2.24) is 19.4 Å². The van der Waals surface area contributed by atoms with Crippen molar-refractivity contribution in [3.05, 3.63) is 36.4 Å². The first-order valence-electron chi connectivity index (χ1n) is 11.1. The molecule has 32 heavy (non-hydrogen) atoms. The number of hydrogen-bond donors (Lipinski definition) is 1. The summed E-state index contributed by atoms with van der Waals surface area (Å²) in [7, 11) is 3.80. The Morgan fingerprint density at radius 1 is 1.25 bits per heavy atom. The van der Waals surface area contributed by atoms with Crippen LogP contribution in [0.15, 0.2) is 30.6 Å². The van der Waals surface area contributed by atoms with Crippen molar-refractivity contribution in [2.75, 3.05) is 57.2 Å². The van der Waals surface area contributed by atoms with Gasteiger partial charge in [0.25, 0.3) is 0 Å². The molecule has 0 amide bonds. The molecule has 2 fully saturated rings. The zero-order valence-corrected chi connectivity index (χ0v) is 18.6. The van der Waals surface area contributed by atoms with Crippen molar-refractivity contribution in [3.8, 4) is 5.75 Å². The van der Waals surface area contributed by atoms with Gasteiger partial charge in [0.1, 0.15) is 11.4 Å². The van der Waals surface area contributed by atoms with Gasteiger partial charge in [0.2, 0.25) is 5.95 Å². The van der Waals surface area contributed by atoms with Crippen LogP contribution in [0.3, 0.4) is 0 Å². The molecule has 0 spiro atoms. The first-order valence-corrected chi connectivity index (χ1v) is 11.1. The normalized spacial score (nSPS) is 19.6. The van der Waals surface area contributed by atoms with Crippen LogP contribution in [0.25, 0.3) is 11.0 Å². The highest BCUT2D eigenvalue weighted by atomic mass is 19.1. The van der Waals surface area contributed by atoms with Crippen LogP contribution in [-0.2, 0) is 11.3 Å². The third kappa shape index (κ3) is 4.22. The van der Waals surface area contributed by atoms with E-state index in [0.717, 1.165) is 57.0 Å². The Bertz CT molecular complexity index is 1090. The average molecular weight is 441 g/mol. The molecule has 3 aromatic rings. The number of methoxy groups -OCH3 is 1. The molecule has 1 unspecified atom stereocenters. The number of aromatic nitrogens is 3. The predicted molar refractivity (Wildman–Crippen MR) is 122 cm³/mol. The molecule has 170 valence electrons. The molecule has 0 bridgehead atoms. The van der Waals surface area contributed by atoms with Gasteiger partial charge in [0.05, 0.1) is 30.8 Å². The topological polar surface area (TPSA) is 67.7 Å². The fourth-order valence-electron chi connectivity index (χ4n) is 4.40. The molecule has 9 heteroatoms. The Kier molecular flexibility index (Phi) is 5.84. The summed E-state index contributed by atoms with van der Waals surface area (Å²) in [5, 5.41) is 3.65. The number of ether oxygens (including phenoxy) is 2. The first kappa shape index (κ1) is 21.0. The minimum Gasteiger partial charge on any atom is -0.494 e. The van der Waals surface area contributed by atoms with Crippen LogP contribution < -0.4 is 15.0 Å². The van der Waals surface area contributed by atoms with E-state index in [4.69, 9.17) is 9.47 Å². The molecular weight excluding hydrogens is 411 g/mol. The van der Waals surface area contributed by atoms with Crippen molar-refractivity contribution in [3.63, 3.8) is 0 Å². The lowest BCUT2D eigenvalue weighted by molar-refractivity contribution is 0.0978. The SMILES string of the molecule is COc1cc(N2CCN(C)CC2)ccc1Nc1ncc2c(F)cn(CC3CCCO3)c2n1. The molecule has 5 rings (SSSR count). The van der Waals surface area contributed by atoms with Gasteiger partial charge in [-0.2, -0.15) is 4.98 Å². The maximum Gasteiger partial charge on any atom is 0.229 e. The molecule has 1 N–H and O–H groups in total. The van der Waals surface area contributed by atoms with E-state index in [2.05, 4.69) is 38.2 Å². The lowest BCUT2D eigenvalue weighted by atomic mass is 10.2. The summed E-state index contributed by atoms with van der Waals surface area (Å²) in [4.78, 5) is 13.6. The number of anilines is 3. The summed E-state index contributed by atoms with van der Waals surface area (Å²) >= 11 is 0. The molecule has 1 aromatic carbocycles. The van der Waals surface area contributed by atoms with Crippen molar-refractivity contribution in [2.45, 2.75) is 25.5 Å². The van der Waals surface area contributed by atoms with Gasteiger partial charge < -0.3 is 29.2 Å². The molecule has 2 saturated heterocycles. The van der Waals surface area contributed by atoms with E-state index >= 15 is 0 Å². The number of halogens is 1. The highest BCUT2D eigenvalue weighted by molar-refractivity contribution is 5.78. The quantitative estimate of drug-likeness (QED) is 0.631. The lowest BCUT2D eigenvalue weighted by Crippen LogP contribution is -2.44. The average Bonchev–Trinajstić information content (AvgIpc) is 3.43. The molecule has 4 heterocycles. The van der Waals surface area contributed by atoms with Crippen LogP contribution in [0.4, 0.5) is 21.7 Å². The number of benzene rings is 1. The second-order valence-corrected chi connectivity index (χ2v) is 8.50. The third-order valence-electron chi connectivity index (χ3n) is 6.29. The van der Waals surface area contributed by atoms with E-state index in [-0.39, 0.29) is 11.9 Å². The number of hydrogen-bond acceptors (Lipinski definition) is 7. The van der Waals surface area contributed by atoms with E-state index in [0.29, 0.717) is 29.3 Å². The van der Waals surface area contributed by atoms with E-state index in [1.807, 2.05) is 16.7 Å². The summed E-state index contributed by atoms with van der Waals surface area (Å²) < 4.78 is 27.6. The van der Waals surface area contributed by atoms with Crippen molar-refractivity contribution in [2.24, 2.45) is 0 Å². The standard InChI is InChI=1S/C23H29FN6O2/c1-28-7-9-29(10-8-28)16-5-6-20(21(12-16)31-2)26-23-25-13-18-19(24)15-30(22(18)27-23)14-17-4-3-11-32-17/h5-6,12-13,15,17H,3-4,7-11,14H2,1-2H3,(H,25,26,27). The largest absolute Gasteiger partial charge is 0.494 e. The molecule has 8 nitrogen and oxygen atoms in total. The van der Waals surface area contributed by atoms with Gasteiger partial charge in [-0.3, -0.25) is 0 Å². The number of rotatable bonds is 6. The molecular formula is C23H29FN6O2. The highest BCUT2D eigenvalue weighted by Gasteiger charge is 2.20.